The first-order valence-electron chi connectivity index (χ1n) is 11.7. The summed E-state index contributed by atoms with van der Waals surface area (Å²) < 4.78 is 12.5. The molecule has 3 aromatic rings. The molecule has 172 valence electrons. The molecule has 0 aliphatic rings. The van der Waals surface area contributed by atoms with Gasteiger partial charge in [0.1, 0.15) is 0 Å². The van der Waals surface area contributed by atoms with Crippen molar-refractivity contribution < 1.29 is 14.3 Å². The van der Waals surface area contributed by atoms with Gasteiger partial charge in [-0.1, -0.05) is 93.6 Å². The van der Waals surface area contributed by atoms with Crippen molar-refractivity contribution in [2.24, 2.45) is 11.3 Å². The van der Waals surface area contributed by atoms with Crippen molar-refractivity contribution in [3.05, 3.63) is 83.9 Å². The fourth-order valence-corrected chi connectivity index (χ4v) is 5.43. The minimum absolute atomic E-state index is 0.0681. The molecule has 0 radical (unpaired) electrons. The fraction of sp³-hybridized carbons (Fsp3) is 0.429. The van der Waals surface area contributed by atoms with Gasteiger partial charge in [0.05, 0.1) is 25.4 Å². The van der Waals surface area contributed by atoms with Crippen LogP contribution in [0.2, 0.25) is 13.1 Å². The highest BCUT2D eigenvalue weighted by Crippen LogP contribution is 2.31. The van der Waals surface area contributed by atoms with E-state index >= 15 is 0 Å². The SMILES string of the molecule is C[SiH](C)OC(C(O)C(COCc1ccccc1)Cc1cccc2ccccc12)C(C)(C)C. The summed E-state index contributed by atoms with van der Waals surface area (Å²) in [5.74, 6) is -0.0681. The van der Waals surface area contributed by atoms with E-state index in [-0.39, 0.29) is 17.4 Å². The Morgan fingerprint density at radius 1 is 0.875 bits per heavy atom. The summed E-state index contributed by atoms with van der Waals surface area (Å²) in [6.07, 6.45) is -0.0958. The van der Waals surface area contributed by atoms with Gasteiger partial charge < -0.3 is 14.3 Å². The summed E-state index contributed by atoms with van der Waals surface area (Å²) in [6.45, 7) is 11.8. The van der Waals surface area contributed by atoms with Crippen molar-refractivity contribution >= 4 is 19.8 Å². The number of ether oxygens (including phenoxy) is 1. The van der Waals surface area contributed by atoms with Gasteiger partial charge in [-0.2, -0.15) is 0 Å². The van der Waals surface area contributed by atoms with Crippen LogP contribution in [-0.4, -0.2) is 33.0 Å². The van der Waals surface area contributed by atoms with Gasteiger partial charge in [0, 0.05) is 5.92 Å². The van der Waals surface area contributed by atoms with Gasteiger partial charge >= 0.3 is 0 Å². The molecular formula is C28H38O3Si. The topological polar surface area (TPSA) is 38.7 Å². The first kappa shape index (κ1) is 24.7. The Labute approximate surface area is 195 Å². The Kier molecular flexibility index (Phi) is 8.66. The minimum Gasteiger partial charge on any atom is -0.415 e. The smallest absolute Gasteiger partial charge is 0.171 e. The molecule has 0 aromatic heterocycles. The molecule has 3 rings (SSSR count). The third-order valence-electron chi connectivity index (χ3n) is 5.87. The van der Waals surface area contributed by atoms with E-state index in [4.69, 9.17) is 9.16 Å². The zero-order valence-electron chi connectivity index (χ0n) is 20.1. The first-order valence-corrected chi connectivity index (χ1v) is 14.5. The van der Waals surface area contributed by atoms with Gasteiger partial charge in [-0.15, -0.1) is 0 Å². The molecule has 3 aromatic carbocycles. The molecule has 3 unspecified atom stereocenters. The monoisotopic (exact) mass is 450 g/mol. The number of hydrogen-bond acceptors (Lipinski definition) is 3. The van der Waals surface area contributed by atoms with Crippen molar-refractivity contribution in [1.82, 2.24) is 0 Å². The molecule has 32 heavy (non-hydrogen) atoms. The quantitative estimate of drug-likeness (QED) is 0.386. The maximum absolute atomic E-state index is 11.6. The van der Waals surface area contributed by atoms with Crippen LogP contribution in [0.25, 0.3) is 10.8 Å². The largest absolute Gasteiger partial charge is 0.415 e. The summed E-state index contributed by atoms with van der Waals surface area (Å²) >= 11 is 0. The maximum Gasteiger partial charge on any atom is 0.171 e. The van der Waals surface area contributed by atoms with Gasteiger partial charge in [0.15, 0.2) is 9.04 Å². The molecule has 0 bridgehead atoms. The van der Waals surface area contributed by atoms with Crippen molar-refractivity contribution in [3.8, 4) is 0 Å². The van der Waals surface area contributed by atoms with Gasteiger partial charge in [-0.05, 0) is 46.8 Å². The second kappa shape index (κ2) is 11.2. The molecule has 0 saturated heterocycles. The lowest BCUT2D eigenvalue weighted by atomic mass is 9.79. The van der Waals surface area contributed by atoms with Crippen LogP contribution in [-0.2, 0) is 22.2 Å². The van der Waals surface area contributed by atoms with E-state index < -0.39 is 15.1 Å². The van der Waals surface area contributed by atoms with Crippen LogP contribution in [0.1, 0.15) is 31.9 Å². The van der Waals surface area contributed by atoms with Gasteiger partial charge in [0.25, 0.3) is 0 Å². The number of aliphatic hydroxyl groups excluding tert-OH is 1. The molecule has 0 aliphatic heterocycles. The third-order valence-corrected chi connectivity index (χ3v) is 6.71. The first-order chi connectivity index (χ1) is 15.3. The Hall–Kier alpha value is -1.98. The summed E-state index contributed by atoms with van der Waals surface area (Å²) in [5, 5.41) is 14.1. The third kappa shape index (κ3) is 6.76. The lowest BCUT2D eigenvalue weighted by Gasteiger charge is -2.39. The summed E-state index contributed by atoms with van der Waals surface area (Å²) in [7, 11) is -1.33. The van der Waals surface area contributed by atoms with Gasteiger partial charge in [0.2, 0.25) is 0 Å². The average Bonchev–Trinajstić information content (AvgIpc) is 2.76. The van der Waals surface area contributed by atoms with Crippen LogP contribution >= 0.6 is 0 Å². The average molecular weight is 451 g/mol. The molecule has 3 atom stereocenters. The number of aliphatic hydroxyl groups is 1. The van der Waals surface area contributed by atoms with Crippen molar-refractivity contribution in [2.75, 3.05) is 6.61 Å². The van der Waals surface area contributed by atoms with E-state index in [9.17, 15) is 5.11 Å². The van der Waals surface area contributed by atoms with Gasteiger partial charge in [-0.3, -0.25) is 0 Å². The zero-order valence-corrected chi connectivity index (χ0v) is 21.3. The lowest BCUT2D eigenvalue weighted by Crippen LogP contribution is -2.47. The molecule has 0 aliphatic carbocycles. The molecule has 3 nitrogen and oxygen atoms in total. The van der Waals surface area contributed by atoms with E-state index in [1.165, 1.54) is 16.3 Å². The lowest BCUT2D eigenvalue weighted by molar-refractivity contribution is -0.0762. The molecule has 0 saturated carbocycles. The second-order valence-corrected chi connectivity index (χ2v) is 12.4. The molecule has 1 N–H and O–H groups in total. The highest BCUT2D eigenvalue weighted by atomic mass is 28.3. The van der Waals surface area contributed by atoms with Crippen molar-refractivity contribution in [1.29, 1.82) is 0 Å². The fourth-order valence-electron chi connectivity index (χ4n) is 4.27. The van der Waals surface area contributed by atoms with E-state index in [2.05, 4.69) is 88.5 Å². The van der Waals surface area contributed by atoms with Gasteiger partial charge in [-0.25, -0.2) is 0 Å². The zero-order chi connectivity index (χ0) is 23.1. The van der Waals surface area contributed by atoms with Crippen LogP contribution in [0.3, 0.4) is 0 Å². The van der Waals surface area contributed by atoms with Crippen molar-refractivity contribution in [2.45, 2.75) is 59.1 Å². The summed E-state index contributed by atoms with van der Waals surface area (Å²) in [6, 6.07) is 25.1. The van der Waals surface area contributed by atoms with E-state index in [0.717, 1.165) is 12.0 Å². The van der Waals surface area contributed by atoms with Crippen LogP contribution in [0.15, 0.2) is 72.8 Å². The Morgan fingerprint density at radius 3 is 2.22 bits per heavy atom. The predicted molar refractivity (Wildman–Crippen MR) is 136 cm³/mol. The number of benzene rings is 3. The highest BCUT2D eigenvalue weighted by molar-refractivity contribution is 6.48. The van der Waals surface area contributed by atoms with Crippen molar-refractivity contribution in [3.63, 3.8) is 0 Å². The molecule has 0 fully saturated rings. The summed E-state index contributed by atoms with van der Waals surface area (Å²) in [4.78, 5) is 0. The van der Waals surface area contributed by atoms with Crippen LogP contribution in [0, 0.1) is 11.3 Å². The normalized spacial score (nSPS) is 15.1. The Morgan fingerprint density at radius 2 is 1.53 bits per heavy atom. The molecule has 0 heterocycles. The van der Waals surface area contributed by atoms with E-state index in [1.807, 2.05) is 18.2 Å². The molecule has 0 spiro atoms. The second-order valence-electron chi connectivity index (χ2n) is 10.1. The number of rotatable bonds is 10. The van der Waals surface area contributed by atoms with E-state index in [0.29, 0.717) is 13.2 Å². The van der Waals surface area contributed by atoms with Crippen LogP contribution < -0.4 is 0 Å². The maximum atomic E-state index is 11.6. The highest BCUT2D eigenvalue weighted by Gasteiger charge is 2.37. The molecule has 4 heteroatoms. The Bertz CT molecular complexity index is 960. The number of hydrogen-bond donors (Lipinski definition) is 1. The summed E-state index contributed by atoms with van der Waals surface area (Å²) in [5.41, 5.74) is 2.22. The predicted octanol–water partition coefficient (Wildman–Crippen LogP) is 5.99. The standard InChI is InChI=1S/C28H38O3Si/c1-28(2,3)27(31-32(4)5)26(29)24(20-30-19-21-12-7-6-8-13-21)18-23-16-11-15-22-14-9-10-17-25(22)23/h6-17,24,26-27,29,32H,18-20H2,1-5H3. The van der Waals surface area contributed by atoms with E-state index in [1.54, 1.807) is 0 Å². The molecular weight excluding hydrogens is 412 g/mol. The van der Waals surface area contributed by atoms with Crippen LogP contribution in [0.4, 0.5) is 0 Å². The Balaban J connectivity index is 1.85. The number of fused-ring (bicyclic) bond motifs is 1. The minimum atomic E-state index is -1.33. The van der Waals surface area contributed by atoms with Crippen LogP contribution in [0.5, 0.6) is 0 Å². The molecule has 0 amide bonds.